The predicted molar refractivity (Wildman–Crippen MR) is 70.6 cm³/mol. The van der Waals surface area contributed by atoms with Crippen LogP contribution < -0.4 is 0 Å². The lowest BCUT2D eigenvalue weighted by Crippen LogP contribution is -2.01. The Bertz CT molecular complexity index is 400. The van der Waals surface area contributed by atoms with Gasteiger partial charge in [0.15, 0.2) is 0 Å². The number of carboxylic acids is 1. The molecule has 0 fully saturated rings. The molecule has 2 heterocycles. The summed E-state index contributed by atoms with van der Waals surface area (Å²) in [5.41, 5.74) is 0. The van der Waals surface area contributed by atoms with Crippen LogP contribution in [0, 0.1) is 0 Å². The van der Waals surface area contributed by atoms with Crippen LogP contribution in [0.2, 0.25) is 0 Å². The Labute approximate surface area is 106 Å². The van der Waals surface area contributed by atoms with Crippen molar-refractivity contribution in [3.63, 3.8) is 0 Å². The molecular formula is C11H10O2S3. The second kappa shape index (κ2) is 5.52. The van der Waals surface area contributed by atoms with Crippen LogP contribution in [0.4, 0.5) is 0 Å². The van der Waals surface area contributed by atoms with Gasteiger partial charge in [0.05, 0.1) is 11.0 Å². The molecule has 0 aliphatic heterocycles. The van der Waals surface area contributed by atoms with Gasteiger partial charge in [0.1, 0.15) is 0 Å². The Morgan fingerprint density at radius 3 is 2.19 bits per heavy atom. The van der Waals surface area contributed by atoms with Gasteiger partial charge in [0.2, 0.25) is 0 Å². The molecule has 84 valence electrons. The largest absolute Gasteiger partial charge is 0.481 e. The van der Waals surface area contributed by atoms with Crippen molar-refractivity contribution in [2.24, 2.45) is 0 Å². The maximum atomic E-state index is 10.6. The number of hydrogen-bond acceptors (Lipinski definition) is 4. The Balaban J connectivity index is 2.17. The third-order valence-corrected chi connectivity index (χ3v) is 5.40. The van der Waals surface area contributed by atoms with Gasteiger partial charge in [0, 0.05) is 9.75 Å². The SMILES string of the molecule is O=C(O)CSC(c1cccs1)c1cccs1. The van der Waals surface area contributed by atoms with E-state index in [1.54, 1.807) is 22.7 Å². The van der Waals surface area contributed by atoms with Gasteiger partial charge in [-0.25, -0.2) is 0 Å². The van der Waals surface area contributed by atoms with Crippen molar-refractivity contribution in [1.29, 1.82) is 0 Å². The Hall–Kier alpha value is -0.780. The number of carboxylic acid groups (broad SMARTS) is 1. The minimum Gasteiger partial charge on any atom is -0.481 e. The predicted octanol–water partition coefficient (Wildman–Crippen LogP) is 3.72. The van der Waals surface area contributed by atoms with Crippen LogP contribution in [-0.2, 0) is 4.79 Å². The van der Waals surface area contributed by atoms with E-state index < -0.39 is 5.97 Å². The summed E-state index contributed by atoms with van der Waals surface area (Å²) in [7, 11) is 0. The van der Waals surface area contributed by atoms with Gasteiger partial charge in [-0.3, -0.25) is 4.79 Å². The molecular weight excluding hydrogens is 260 g/mol. The molecule has 0 aromatic carbocycles. The molecule has 0 bridgehead atoms. The third kappa shape index (κ3) is 2.87. The molecule has 2 nitrogen and oxygen atoms in total. The van der Waals surface area contributed by atoms with Gasteiger partial charge in [-0.1, -0.05) is 12.1 Å². The molecule has 0 saturated carbocycles. The van der Waals surface area contributed by atoms with E-state index in [0.717, 1.165) is 0 Å². The minimum atomic E-state index is -0.761. The molecule has 2 aromatic rings. The summed E-state index contributed by atoms with van der Waals surface area (Å²) in [4.78, 5) is 13.1. The van der Waals surface area contributed by atoms with Crippen molar-refractivity contribution in [3.05, 3.63) is 44.8 Å². The lowest BCUT2D eigenvalue weighted by Gasteiger charge is -2.11. The highest BCUT2D eigenvalue weighted by Gasteiger charge is 2.17. The molecule has 5 heteroatoms. The van der Waals surface area contributed by atoms with Crippen molar-refractivity contribution in [3.8, 4) is 0 Å². The second-order valence-corrected chi connectivity index (χ2v) is 6.17. The summed E-state index contributed by atoms with van der Waals surface area (Å²) < 4.78 is 0. The van der Waals surface area contributed by atoms with Crippen LogP contribution in [0.25, 0.3) is 0 Å². The fraction of sp³-hybridized carbons (Fsp3) is 0.182. The average Bonchev–Trinajstić information content (AvgIpc) is 2.88. The average molecular weight is 270 g/mol. The van der Waals surface area contributed by atoms with Crippen LogP contribution in [0.1, 0.15) is 15.0 Å². The molecule has 2 rings (SSSR count). The normalized spacial score (nSPS) is 10.8. The van der Waals surface area contributed by atoms with Crippen molar-refractivity contribution in [2.75, 3.05) is 5.75 Å². The zero-order valence-electron chi connectivity index (χ0n) is 8.33. The summed E-state index contributed by atoms with van der Waals surface area (Å²) in [6, 6.07) is 8.12. The highest BCUT2D eigenvalue weighted by molar-refractivity contribution is 8.00. The van der Waals surface area contributed by atoms with E-state index >= 15 is 0 Å². The number of thioether (sulfide) groups is 1. The van der Waals surface area contributed by atoms with Gasteiger partial charge in [-0.2, -0.15) is 0 Å². The van der Waals surface area contributed by atoms with Gasteiger partial charge >= 0.3 is 5.97 Å². The first-order chi connectivity index (χ1) is 7.77. The van der Waals surface area contributed by atoms with Crippen LogP contribution in [0.15, 0.2) is 35.0 Å². The summed E-state index contributed by atoms with van der Waals surface area (Å²) >= 11 is 4.81. The molecule has 0 amide bonds. The first-order valence-corrected chi connectivity index (χ1v) is 7.48. The van der Waals surface area contributed by atoms with Gasteiger partial charge in [-0.15, -0.1) is 34.4 Å². The van der Waals surface area contributed by atoms with Crippen LogP contribution >= 0.6 is 34.4 Å². The van der Waals surface area contributed by atoms with Gasteiger partial charge in [0.25, 0.3) is 0 Å². The molecule has 0 atom stereocenters. The van der Waals surface area contributed by atoms with Crippen molar-refractivity contribution >= 4 is 40.4 Å². The highest BCUT2D eigenvalue weighted by atomic mass is 32.2. The Kier molecular flexibility index (Phi) is 4.04. The smallest absolute Gasteiger partial charge is 0.313 e. The van der Waals surface area contributed by atoms with Crippen molar-refractivity contribution < 1.29 is 9.90 Å². The summed E-state index contributed by atoms with van der Waals surface area (Å²) in [5, 5.41) is 13.0. The van der Waals surface area contributed by atoms with E-state index in [9.17, 15) is 4.79 Å². The van der Waals surface area contributed by atoms with Crippen LogP contribution in [0.3, 0.4) is 0 Å². The fourth-order valence-electron chi connectivity index (χ4n) is 1.34. The minimum absolute atomic E-state index is 0.139. The van der Waals surface area contributed by atoms with Gasteiger partial charge < -0.3 is 5.11 Å². The Morgan fingerprint density at radius 2 is 1.81 bits per heavy atom. The molecule has 2 aromatic heterocycles. The van der Waals surface area contributed by atoms with E-state index in [1.807, 2.05) is 22.9 Å². The molecule has 0 unspecified atom stereocenters. The fourth-order valence-corrected chi connectivity index (χ4v) is 4.40. The zero-order chi connectivity index (χ0) is 11.4. The van der Waals surface area contributed by atoms with Crippen molar-refractivity contribution in [2.45, 2.75) is 5.25 Å². The number of thiophene rings is 2. The quantitative estimate of drug-likeness (QED) is 0.899. The standard InChI is InChI=1S/C11H10O2S3/c12-10(13)7-16-11(8-3-1-5-14-8)9-4-2-6-15-9/h1-6,11H,7H2,(H,12,13). The molecule has 0 radical (unpaired) electrons. The lowest BCUT2D eigenvalue weighted by molar-refractivity contribution is -0.133. The van der Waals surface area contributed by atoms with Gasteiger partial charge in [-0.05, 0) is 22.9 Å². The van der Waals surface area contributed by atoms with Crippen LogP contribution in [-0.4, -0.2) is 16.8 Å². The first-order valence-electron chi connectivity index (χ1n) is 4.67. The van der Waals surface area contributed by atoms with Crippen molar-refractivity contribution in [1.82, 2.24) is 0 Å². The molecule has 0 aliphatic carbocycles. The van der Waals surface area contributed by atoms with E-state index in [0.29, 0.717) is 0 Å². The third-order valence-electron chi connectivity index (χ3n) is 1.98. The monoisotopic (exact) mass is 270 g/mol. The first kappa shape index (κ1) is 11.7. The van der Waals surface area contributed by atoms with E-state index in [-0.39, 0.29) is 11.0 Å². The zero-order valence-corrected chi connectivity index (χ0v) is 10.8. The Morgan fingerprint density at radius 1 is 1.25 bits per heavy atom. The summed E-state index contributed by atoms with van der Waals surface area (Å²) in [6.45, 7) is 0. The highest BCUT2D eigenvalue weighted by Crippen LogP contribution is 2.39. The summed E-state index contributed by atoms with van der Waals surface area (Å²) in [5.74, 6) is -0.622. The van der Waals surface area contributed by atoms with E-state index in [1.165, 1.54) is 21.5 Å². The molecule has 1 N–H and O–H groups in total. The molecule has 0 spiro atoms. The molecule has 0 saturated heterocycles. The number of hydrogen-bond donors (Lipinski definition) is 1. The van der Waals surface area contributed by atoms with E-state index in [2.05, 4.69) is 12.1 Å². The number of aliphatic carboxylic acids is 1. The molecule has 16 heavy (non-hydrogen) atoms. The number of rotatable bonds is 5. The number of carbonyl (C=O) groups is 1. The lowest BCUT2D eigenvalue weighted by atomic mass is 10.3. The maximum absolute atomic E-state index is 10.6. The maximum Gasteiger partial charge on any atom is 0.313 e. The summed E-state index contributed by atoms with van der Waals surface area (Å²) in [6.07, 6.45) is 0. The molecule has 0 aliphatic rings. The topological polar surface area (TPSA) is 37.3 Å². The van der Waals surface area contributed by atoms with E-state index in [4.69, 9.17) is 5.11 Å². The second-order valence-electron chi connectivity index (χ2n) is 3.12. The van der Waals surface area contributed by atoms with Crippen LogP contribution in [0.5, 0.6) is 0 Å².